The van der Waals surface area contributed by atoms with Crippen molar-refractivity contribution < 1.29 is 0 Å². The Kier molecular flexibility index (Phi) is 5.21. The van der Waals surface area contributed by atoms with E-state index in [2.05, 4.69) is 40.0 Å². The van der Waals surface area contributed by atoms with E-state index in [0.717, 1.165) is 31.6 Å². The van der Waals surface area contributed by atoms with Gasteiger partial charge in [-0.15, -0.1) is 0 Å². The number of benzene rings is 1. The fourth-order valence-corrected chi connectivity index (χ4v) is 2.19. The lowest BCUT2D eigenvalue weighted by molar-refractivity contribution is 0.565. The van der Waals surface area contributed by atoms with Crippen LogP contribution < -0.4 is 5.32 Å². The summed E-state index contributed by atoms with van der Waals surface area (Å²) in [5, 5.41) is 3.50. The van der Waals surface area contributed by atoms with Gasteiger partial charge in [-0.3, -0.25) is 0 Å². The molecule has 0 radical (unpaired) electrons. The Labute approximate surface area is 109 Å². The Balaban J connectivity index is 1.70. The number of imidazole rings is 1. The van der Waals surface area contributed by atoms with Crippen LogP contribution in [-0.4, -0.2) is 22.6 Å². The van der Waals surface area contributed by atoms with Gasteiger partial charge in [0.25, 0.3) is 0 Å². The van der Waals surface area contributed by atoms with Gasteiger partial charge >= 0.3 is 0 Å². The minimum absolute atomic E-state index is 1.04. The molecular formula is C15H23N3. The molecule has 0 aliphatic rings. The predicted octanol–water partition coefficient (Wildman–Crippen LogP) is 3.21. The molecule has 1 aromatic carbocycles. The molecule has 2 rings (SSSR count). The molecule has 0 fully saturated rings. The monoisotopic (exact) mass is 245 g/mol. The smallest absolute Gasteiger partial charge is 0.0958 e. The molecule has 0 amide bonds. The molecule has 0 aliphatic carbocycles. The number of unbranched alkanes of at least 4 members (excludes halogenated alkanes) is 2. The highest BCUT2D eigenvalue weighted by Gasteiger charge is 2.00. The van der Waals surface area contributed by atoms with E-state index in [1.165, 1.54) is 24.8 Å². The van der Waals surface area contributed by atoms with Gasteiger partial charge in [0.1, 0.15) is 0 Å². The van der Waals surface area contributed by atoms with Gasteiger partial charge in [-0.2, -0.15) is 0 Å². The zero-order chi connectivity index (χ0) is 12.6. The van der Waals surface area contributed by atoms with Gasteiger partial charge in [0.15, 0.2) is 0 Å². The van der Waals surface area contributed by atoms with E-state index in [4.69, 9.17) is 0 Å². The van der Waals surface area contributed by atoms with Crippen LogP contribution >= 0.6 is 0 Å². The molecule has 98 valence electrons. The van der Waals surface area contributed by atoms with Crippen molar-refractivity contribution in [1.82, 2.24) is 14.9 Å². The van der Waals surface area contributed by atoms with E-state index < -0.39 is 0 Å². The molecule has 1 N–H and O–H groups in total. The molecule has 0 atom stereocenters. The maximum atomic E-state index is 4.40. The second-order valence-corrected chi connectivity index (χ2v) is 4.74. The van der Waals surface area contributed by atoms with Crippen molar-refractivity contribution in [3.63, 3.8) is 0 Å². The van der Waals surface area contributed by atoms with Crippen LogP contribution in [0.2, 0.25) is 0 Å². The quantitative estimate of drug-likeness (QED) is 0.724. The maximum Gasteiger partial charge on any atom is 0.0958 e. The van der Waals surface area contributed by atoms with E-state index in [1.807, 2.05) is 12.4 Å². The second-order valence-electron chi connectivity index (χ2n) is 4.74. The fourth-order valence-electron chi connectivity index (χ4n) is 2.19. The first kappa shape index (κ1) is 13.1. The number of rotatable bonds is 8. The van der Waals surface area contributed by atoms with Crippen LogP contribution in [0.25, 0.3) is 11.0 Å². The topological polar surface area (TPSA) is 29.9 Å². The summed E-state index contributed by atoms with van der Waals surface area (Å²) >= 11 is 0. The first-order valence-corrected chi connectivity index (χ1v) is 7.02. The number of aryl methyl sites for hydroxylation is 1. The molecule has 1 aromatic heterocycles. The Morgan fingerprint density at radius 1 is 1.11 bits per heavy atom. The van der Waals surface area contributed by atoms with Crippen molar-refractivity contribution in [3.05, 3.63) is 30.6 Å². The molecule has 0 saturated heterocycles. The van der Waals surface area contributed by atoms with Crippen molar-refractivity contribution in [2.75, 3.05) is 13.1 Å². The van der Waals surface area contributed by atoms with E-state index in [0.29, 0.717) is 0 Å². The van der Waals surface area contributed by atoms with Crippen molar-refractivity contribution in [1.29, 1.82) is 0 Å². The summed E-state index contributed by atoms with van der Waals surface area (Å²) in [5.74, 6) is 0. The minimum Gasteiger partial charge on any atom is -0.331 e. The summed E-state index contributed by atoms with van der Waals surface area (Å²) in [7, 11) is 0. The number of hydrogen-bond acceptors (Lipinski definition) is 2. The molecular weight excluding hydrogens is 222 g/mol. The third-order valence-electron chi connectivity index (χ3n) is 3.24. The number of nitrogens with zero attached hydrogens (tertiary/aromatic N) is 2. The van der Waals surface area contributed by atoms with Crippen molar-refractivity contribution >= 4 is 11.0 Å². The standard InChI is InChI=1S/C15H23N3/c1-2-3-6-10-16-11-7-12-18-13-17-14-8-4-5-9-15(14)18/h4-5,8-9,13,16H,2-3,6-7,10-12H2,1H3. The van der Waals surface area contributed by atoms with Crippen molar-refractivity contribution in [2.45, 2.75) is 39.2 Å². The maximum absolute atomic E-state index is 4.40. The van der Waals surface area contributed by atoms with E-state index >= 15 is 0 Å². The lowest BCUT2D eigenvalue weighted by Crippen LogP contribution is -2.18. The molecule has 18 heavy (non-hydrogen) atoms. The highest BCUT2D eigenvalue weighted by atomic mass is 15.0. The Morgan fingerprint density at radius 2 is 1.94 bits per heavy atom. The fraction of sp³-hybridized carbons (Fsp3) is 0.533. The van der Waals surface area contributed by atoms with E-state index in [9.17, 15) is 0 Å². The van der Waals surface area contributed by atoms with Crippen LogP contribution in [0.4, 0.5) is 0 Å². The largest absolute Gasteiger partial charge is 0.331 e. The summed E-state index contributed by atoms with van der Waals surface area (Å²) in [6, 6.07) is 8.31. The molecule has 0 spiro atoms. The predicted molar refractivity (Wildman–Crippen MR) is 76.7 cm³/mol. The minimum atomic E-state index is 1.04. The number of nitrogens with one attached hydrogen (secondary N) is 1. The number of fused-ring (bicyclic) bond motifs is 1. The molecule has 0 unspecified atom stereocenters. The summed E-state index contributed by atoms with van der Waals surface area (Å²) in [5.41, 5.74) is 2.33. The van der Waals surface area contributed by atoms with Crippen LogP contribution in [-0.2, 0) is 6.54 Å². The summed E-state index contributed by atoms with van der Waals surface area (Å²) in [6.45, 7) is 5.53. The van der Waals surface area contributed by atoms with E-state index in [1.54, 1.807) is 0 Å². The van der Waals surface area contributed by atoms with E-state index in [-0.39, 0.29) is 0 Å². The highest BCUT2D eigenvalue weighted by Crippen LogP contribution is 2.11. The first-order chi connectivity index (χ1) is 8.92. The first-order valence-electron chi connectivity index (χ1n) is 7.02. The van der Waals surface area contributed by atoms with Gasteiger partial charge in [0, 0.05) is 6.54 Å². The molecule has 2 aromatic rings. The van der Waals surface area contributed by atoms with Crippen molar-refractivity contribution in [2.24, 2.45) is 0 Å². The summed E-state index contributed by atoms with van der Waals surface area (Å²) < 4.78 is 2.24. The summed E-state index contributed by atoms with van der Waals surface area (Å²) in [6.07, 6.45) is 7.03. The van der Waals surface area contributed by atoms with Crippen LogP contribution in [0.1, 0.15) is 32.6 Å². The molecule has 0 saturated carbocycles. The number of aromatic nitrogens is 2. The third-order valence-corrected chi connectivity index (χ3v) is 3.24. The summed E-state index contributed by atoms with van der Waals surface area (Å²) in [4.78, 5) is 4.40. The SMILES string of the molecule is CCCCCNCCCn1cnc2ccccc21. The average molecular weight is 245 g/mol. The van der Waals surface area contributed by atoms with Gasteiger partial charge in [-0.25, -0.2) is 4.98 Å². The normalized spacial score (nSPS) is 11.2. The molecule has 3 nitrogen and oxygen atoms in total. The zero-order valence-corrected chi connectivity index (χ0v) is 11.2. The number of para-hydroxylation sites is 2. The lowest BCUT2D eigenvalue weighted by atomic mass is 10.2. The molecule has 1 heterocycles. The molecule has 3 heteroatoms. The molecule has 0 aliphatic heterocycles. The van der Waals surface area contributed by atoms with Crippen LogP contribution in [0.3, 0.4) is 0 Å². The number of hydrogen-bond donors (Lipinski definition) is 1. The Hall–Kier alpha value is -1.35. The second kappa shape index (κ2) is 7.17. The molecule has 0 bridgehead atoms. The Morgan fingerprint density at radius 3 is 2.83 bits per heavy atom. The van der Waals surface area contributed by atoms with Gasteiger partial charge in [-0.1, -0.05) is 31.9 Å². The van der Waals surface area contributed by atoms with Crippen LogP contribution in [0, 0.1) is 0 Å². The third kappa shape index (κ3) is 3.57. The average Bonchev–Trinajstić information content (AvgIpc) is 2.81. The highest BCUT2D eigenvalue weighted by molar-refractivity contribution is 5.74. The van der Waals surface area contributed by atoms with Gasteiger partial charge < -0.3 is 9.88 Å². The Bertz CT molecular complexity index is 461. The van der Waals surface area contributed by atoms with Gasteiger partial charge in [0.05, 0.1) is 17.4 Å². The lowest BCUT2D eigenvalue weighted by Gasteiger charge is -2.06. The van der Waals surface area contributed by atoms with Crippen molar-refractivity contribution in [3.8, 4) is 0 Å². The van der Waals surface area contributed by atoms with Gasteiger partial charge in [0.2, 0.25) is 0 Å². The van der Waals surface area contributed by atoms with Crippen LogP contribution in [0.15, 0.2) is 30.6 Å². The van der Waals surface area contributed by atoms with Gasteiger partial charge in [-0.05, 0) is 38.1 Å². The zero-order valence-electron chi connectivity index (χ0n) is 11.2. The van der Waals surface area contributed by atoms with Crippen LogP contribution in [0.5, 0.6) is 0 Å².